The van der Waals surface area contributed by atoms with Gasteiger partial charge >= 0.3 is 6.18 Å². The Balaban J connectivity index is 1.55. The lowest BCUT2D eigenvalue weighted by Crippen LogP contribution is -2.25. The van der Waals surface area contributed by atoms with Gasteiger partial charge in [-0.1, -0.05) is 12.1 Å². The molecule has 0 atom stereocenters. The molecule has 1 N–H and O–H groups in total. The van der Waals surface area contributed by atoms with Crippen LogP contribution in [0.2, 0.25) is 0 Å². The molecule has 0 fully saturated rings. The van der Waals surface area contributed by atoms with Gasteiger partial charge in [0.2, 0.25) is 0 Å². The van der Waals surface area contributed by atoms with Gasteiger partial charge in [0.1, 0.15) is 0 Å². The van der Waals surface area contributed by atoms with Crippen LogP contribution in [-0.2, 0) is 19.3 Å². The monoisotopic (exact) mass is 497 g/mol. The van der Waals surface area contributed by atoms with Crippen LogP contribution in [-0.4, -0.2) is 32.0 Å². The van der Waals surface area contributed by atoms with Gasteiger partial charge in [0, 0.05) is 24.3 Å². The second-order valence-electron chi connectivity index (χ2n) is 7.34. The third-order valence-corrected chi connectivity index (χ3v) is 6.07. The van der Waals surface area contributed by atoms with Gasteiger partial charge in [-0.25, -0.2) is 0 Å². The Bertz CT molecular complexity index is 1090. The van der Waals surface area contributed by atoms with Crippen LogP contribution in [0.1, 0.15) is 45.1 Å². The van der Waals surface area contributed by atoms with Crippen LogP contribution in [0.15, 0.2) is 34.8 Å². The molecule has 0 saturated carbocycles. The predicted molar refractivity (Wildman–Crippen MR) is 114 cm³/mol. The topological polar surface area (TPSA) is 64.7 Å². The summed E-state index contributed by atoms with van der Waals surface area (Å²) in [4.78, 5) is 12.5. The van der Waals surface area contributed by atoms with Crippen molar-refractivity contribution >= 4 is 21.8 Å². The standard InChI is InChI=1S/C21H23BrF3N5O/c1-13-10-18(21(23,24)25)28-29(13)9-5-8-26-20(31)17-7-4-6-16(11-17)12-30-15(3)19(22)14(2)27-30/h4,6-7,10-11H,5,8-9,12H2,1-3H3,(H,26,31). The van der Waals surface area contributed by atoms with Gasteiger partial charge in [-0.3, -0.25) is 14.2 Å². The Kier molecular flexibility index (Phi) is 6.88. The molecule has 3 aromatic rings. The Hall–Kier alpha value is -2.62. The van der Waals surface area contributed by atoms with Crippen molar-refractivity contribution in [2.24, 2.45) is 0 Å². The maximum Gasteiger partial charge on any atom is 0.435 e. The van der Waals surface area contributed by atoms with E-state index in [2.05, 4.69) is 31.4 Å². The van der Waals surface area contributed by atoms with E-state index in [0.717, 1.165) is 27.5 Å². The summed E-state index contributed by atoms with van der Waals surface area (Å²) in [6, 6.07) is 8.30. The summed E-state index contributed by atoms with van der Waals surface area (Å²) in [5.74, 6) is -0.232. The summed E-state index contributed by atoms with van der Waals surface area (Å²) in [6.07, 6.45) is -4.00. The van der Waals surface area contributed by atoms with E-state index in [-0.39, 0.29) is 12.5 Å². The molecule has 0 spiro atoms. The molecular weight excluding hydrogens is 475 g/mol. The van der Waals surface area contributed by atoms with Crippen molar-refractivity contribution in [3.05, 3.63) is 68.7 Å². The van der Waals surface area contributed by atoms with Crippen molar-refractivity contribution in [3.8, 4) is 0 Å². The number of carbonyl (C=O) groups excluding carboxylic acids is 1. The molecule has 6 nitrogen and oxygen atoms in total. The van der Waals surface area contributed by atoms with Crippen LogP contribution in [0.4, 0.5) is 13.2 Å². The molecule has 31 heavy (non-hydrogen) atoms. The van der Waals surface area contributed by atoms with Crippen molar-refractivity contribution in [1.29, 1.82) is 0 Å². The smallest absolute Gasteiger partial charge is 0.352 e. The van der Waals surface area contributed by atoms with Crippen LogP contribution in [0.25, 0.3) is 0 Å². The first-order valence-corrected chi connectivity index (χ1v) is 10.5. The van der Waals surface area contributed by atoms with Crippen LogP contribution in [0.5, 0.6) is 0 Å². The molecule has 10 heteroatoms. The van der Waals surface area contributed by atoms with E-state index in [4.69, 9.17) is 0 Å². The number of rotatable bonds is 7. The van der Waals surface area contributed by atoms with E-state index in [1.165, 1.54) is 4.68 Å². The van der Waals surface area contributed by atoms with Crippen molar-refractivity contribution in [2.45, 2.75) is 46.5 Å². The normalized spacial score (nSPS) is 11.7. The Morgan fingerprint density at radius 2 is 1.87 bits per heavy atom. The van der Waals surface area contributed by atoms with E-state index in [0.29, 0.717) is 30.8 Å². The lowest BCUT2D eigenvalue weighted by atomic mass is 10.1. The molecule has 0 radical (unpaired) electrons. The SMILES string of the molecule is Cc1nn(Cc2cccc(C(=O)NCCCn3nc(C(F)(F)F)cc3C)c2)c(C)c1Br. The largest absolute Gasteiger partial charge is 0.435 e. The molecule has 0 saturated heterocycles. The predicted octanol–water partition coefficient (Wildman–Crippen LogP) is 4.65. The summed E-state index contributed by atoms with van der Waals surface area (Å²) >= 11 is 3.51. The maximum absolute atomic E-state index is 12.7. The fraction of sp³-hybridized carbons (Fsp3) is 0.381. The van der Waals surface area contributed by atoms with E-state index >= 15 is 0 Å². The Morgan fingerprint density at radius 3 is 2.48 bits per heavy atom. The number of amides is 1. The highest BCUT2D eigenvalue weighted by Crippen LogP contribution is 2.28. The number of aryl methyl sites for hydroxylation is 3. The third-order valence-electron chi connectivity index (χ3n) is 4.92. The number of halogens is 4. The number of hydrogen-bond donors (Lipinski definition) is 1. The van der Waals surface area contributed by atoms with Gasteiger partial charge < -0.3 is 5.32 Å². The van der Waals surface area contributed by atoms with E-state index in [1.54, 1.807) is 13.0 Å². The van der Waals surface area contributed by atoms with Crippen LogP contribution in [0, 0.1) is 20.8 Å². The van der Waals surface area contributed by atoms with E-state index in [9.17, 15) is 18.0 Å². The van der Waals surface area contributed by atoms with E-state index < -0.39 is 11.9 Å². The number of benzene rings is 1. The molecule has 0 bridgehead atoms. The first kappa shape index (κ1) is 23.1. The summed E-state index contributed by atoms with van der Waals surface area (Å²) in [5, 5.41) is 10.9. The van der Waals surface area contributed by atoms with Crippen LogP contribution >= 0.6 is 15.9 Å². The zero-order valence-electron chi connectivity index (χ0n) is 17.4. The molecule has 166 valence electrons. The first-order valence-electron chi connectivity index (χ1n) is 9.74. The van der Waals surface area contributed by atoms with Crippen molar-refractivity contribution in [2.75, 3.05) is 6.54 Å². The number of nitrogens with zero attached hydrogens (tertiary/aromatic N) is 4. The molecule has 1 amide bonds. The van der Waals surface area contributed by atoms with Gasteiger partial charge in [-0.2, -0.15) is 23.4 Å². The van der Waals surface area contributed by atoms with E-state index in [1.807, 2.05) is 36.7 Å². The zero-order chi connectivity index (χ0) is 22.8. The van der Waals surface area contributed by atoms with Gasteiger partial charge in [0.05, 0.1) is 22.4 Å². The van der Waals surface area contributed by atoms with Gasteiger partial charge in [-0.05, 0) is 66.9 Å². The van der Waals surface area contributed by atoms with Gasteiger partial charge in [0.15, 0.2) is 5.69 Å². The quantitative estimate of drug-likeness (QED) is 0.483. The molecule has 0 aliphatic rings. The highest BCUT2D eigenvalue weighted by atomic mass is 79.9. The Labute approximate surface area is 186 Å². The first-order chi connectivity index (χ1) is 14.6. The lowest BCUT2D eigenvalue weighted by Gasteiger charge is -2.09. The zero-order valence-corrected chi connectivity index (χ0v) is 19.0. The second-order valence-corrected chi connectivity index (χ2v) is 8.14. The second kappa shape index (κ2) is 9.25. The molecule has 1 aromatic carbocycles. The summed E-state index contributed by atoms with van der Waals surface area (Å²) in [5.41, 5.74) is 2.91. The maximum atomic E-state index is 12.7. The molecule has 0 unspecified atom stereocenters. The summed E-state index contributed by atoms with van der Waals surface area (Å²) in [6.45, 7) is 6.63. The van der Waals surface area contributed by atoms with Gasteiger partial charge in [0.25, 0.3) is 5.91 Å². The van der Waals surface area contributed by atoms with Crippen molar-refractivity contribution in [3.63, 3.8) is 0 Å². The lowest BCUT2D eigenvalue weighted by molar-refractivity contribution is -0.141. The summed E-state index contributed by atoms with van der Waals surface area (Å²) in [7, 11) is 0. The molecule has 0 aliphatic heterocycles. The summed E-state index contributed by atoms with van der Waals surface area (Å²) < 4.78 is 42.4. The minimum absolute atomic E-state index is 0.232. The minimum atomic E-state index is -4.46. The minimum Gasteiger partial charge on any atom is -0.352 e. The van der Waals surface area contributed by atoms with Crippen LogP contribution < -0.4 is 5.32 Å². The molecular formula is C21H23BrF3N5O. The van der Waals surface area contributed by atoms with Crippen LogP contribution in [0.3, 0.4) is 0 Å². The molecule has 3 rings (SSSR count). The number of carbonyl (C=O) groups is 1. The third kappa shape index (κ3) is 5.55. The number of aromatic nitrogens is 4. The highest BCUT2D eigenvalue weighted by Gasteiger charge is 2.34. The van der Waals surface area contributed by atoms with Crippen molar-refractivity contribution < 1.29 is 18.0 Å². The highest BCUT2D eigenvalue weighted by molar-refractivity contribution is 9.10. The fourth-order valence-corrected chi connectivity index (χ4v) is 3.50. The average Bonchev–Trinajstić information content (AvgIpc) is 3.20. The van der Waals surface area contributed by atoms with Gasteiger partial charge in [-0.15, -0.1) is 0 Å². The average molecular weight is 498 g/mol. The van der Waals surface area contributed by atoms with Crippen molar-refractivity contribution in [1.82, 2.24) is 24.9 Å². The molecule has 2 heterocycles. The number of nitrogens with one attached hydrogen (secondary N) is 1. The number of hydrogen-bond acceptors (Lipinski definition) is 3. The molecule has 2 aromatic heterocycles. The number of alkyl halides is 3. The molecule has 0 aliphatic carbocycles. The fourth-order valence-electron chi connectivity index (χ4n) is 3.22. The Morgan fingerprint density at radius 1 is 1.13 bits per heavy atom.